The molecule has 0 radical (unpaired) electrons. The summed E-state index contributed by atoms with van der Waals surface area (Å²) in [5.41, 5.74) is 1.68. The molecular formula is C19H23NO4. The fraction of sp³-hybridized carbons (Fsp3) is 0.526. The molecule has 4 rings (SSSR count). The number of phenols is 1. The first-order valence-corrected chi connectivity index (χ1v) is 8.40. The minimum Gasteiger partial charge on any atom is -0.504 e. The molecule has 5 nitrogen and oxygen atoms in total. The minimum atomic E-state index is -0.359. The number of Topliss-reactive ketones (excluding diaryl/α,β-unsaturated/α-hetero) is 1. The van der Waals surface area contributed by atoms with Gasteiger partial charge in [0.2, 0.25) is 0 Å². The van der Waals surface area contributed by atoms with Crippen molar-refractivity contribution in [3.63, 3.8) is 0 Å². The number of benzene rings is 1. The summed E-state index contributed by atoms with van der Waals surface area (Å²) in [5, 5.41) is 10.9. The molecule has 1 N–H and O–H groups in total. The fourth-order valence-corrected chi connectivity index (χ4v) is 5.03. The van der Waals surface area contributed by atoms with Gasteiger partial charge in [-0.05, 0) is 44.1 Å². The average Bonchev–Trinajstić information content (AvgIpc) is 2.57. The van der Waals surface area contributed by atoms with Crippen LogP contribution in [-0.4, -0.2) is 49.6 Å². The minimum absolute atomic E-state index is 0.0205. The van der Waals surface area contributed by atoms with E-state index >= 15 is 0 Å². The van der Waals surface area contributed by atoms with Crippen molar-refractivity contribution in [2.45, 2.75) is 30.7 Å². The molecule has 24 heavy (non-hydrogen) atoms. The first-order valence-electron chi connectivity index (χ1n) is 8.40. The Labute approximate surface area is 141 Å². The van der Waals surface area contributed by atoms with Crippen LogP contribution in [0.15, 0.2) is 24.0 Å². The van der Waals surface area contributed by atoms with Gasteiger partial charge in [-0.1, -0.05) is 6.07 Å². The van der Waals surface area contributed by atoms with E-state index in [1.807, 2.05) is 18.2 Å². The number of likely N-dealkylation sites (N-methyl/N-ethyl adjacent to an activating group) is 1. The highest BCUT2D eigenvalue weighted by molar-refractivity contribution is 5.96. The summed E-state index contributed by atoms with van der Waals surface area (Å²) in [7, 11) is 5.25. The Kier molecular flexibility index (Phi) is 3.39. The van der Waals surface area contributed by atoms with Gasteiger partial charge in [0, 0.05) is 29.4 Å². The van der Waals surface area contributed by atoms with Crippen LogP contribution in [-0.2, 0) is 21.4 Å². The Hall–Kier alpha value is -2.01. The number of ketones is 1. The van der Waals surface area contributed by atoms with Crippen molar-refractivity contribution in [2.24, 2.45) is 5.92 Å². The maximum Gasteiger partial charge on any atom is 0.197 e. The Morgan fingerprint density at radius 1 is 1.29 bits per heavy atom. The lowest BCUT2D eigenvalue weighted by Crippen LogP contribution is -2.60. The predicted octanol–water partition coefficient (Wildman–Crippen LogP) is 2.02. The summed E-state index contributed by atoms with van der Waals surface area (Å²) < 4.78 is 10.6. The van der Waals surface area contributed by atoms with Gasteiger partial charge in [-0.15, -0.1) is 0 Å². The summed E-state index contributed by atoms with van der Waals surface area (Å²) in [6, 6.07) is 4.18. The zero-order chi connectivity index (χ0) is 17.1. The topological polar surface area (TPSA) is 59.0 Å². The van der Waals surface area contributed by atoms with E-state index in [0.717, 1.165) is 30.5 Å². The molecule has 0 amide bonds. The third-order valence-corrected chi connectivity index (χ3v) is 6.21. The standard InChI is InChI=1S/C19H23NO4/c1-20-7-6-19-10-14(21)16(24-3)9-12(19)13(20)8-11-4-5-15(23-2)18(22)17(11)19/h4-5,9,12-13,22H,6-8,10H2,1-3H3/t12?,13?,19-/m0/s1. The van der Waals surface area contributed by atoms with Crippen LogP contribution >= 0.6 is 0 Å². The molecule has 1 fully saturated rings. The second-order valence-corrected chi connectivity index (χ2v) is 7.17. The largest absolute Gasteiger partial charge is 0.504 e. The van der Waals surface area contributed by atoms with Gasteiger partial charge < -0.3 is 19.5 Å². The third-order valence-electron chi connectivity index (χ3n) is 6.21. The van der Waals surface area contributed by atoms with E-state index in [0.29, 0.717) is 24.0 Å². The van der Waals surface area contributed by atoms with Gasteiger partial charge in [0.05, 0.1) is 14.2 Å². The highest BCUT2D eigenvalue weighted by atomic mass is 16.5. The summed E-state index contributed by atoms with van der Waals surface area (Å²) in [5.74, 6) is 1.32. The van der Waals surface area contributed by atoms with Gasteiger partial charge in [-0.25, -0.2) is 0 Å². The highest BCUT2D eigenvalue weighted by Crippen LogP contribution is 2.57. The highest BCUT2D eigenvalue weighted by Gasteiger charge is 2.56. The first-order chi connectivity index (χ1) is 11.5. The molecule has 1 aliphatic heterocycles. The van der Waals surface area contributed by atoms with Gasteiger partial charge in [0.15, 0.2) is 23.0 Å². The molecular weight excluding hydrogens is 306 g/mol. The first kappa shape index (κ1) is 15.5. The monoisotopic (exact) mass is 329 g/mol. The summed E-state index contributed by atoms with van der Waals surface area (Å²) in [4.78, 5) is 15.0. The lowest BCUT2D eigenvalue weighted by atomic mass is 9.53. The molecule has 1 aromatic carbocycles. The number of methoxy groups -OCH3 is 2. The van der Waals surface area contributed by atoms with E-state index in [2.05, 4.69) is 11.9 Å². The number of rotatable bonds is 2. The average molecular weight is 329 g/mol. The van der Waals surface area contributed by atoms with Crippen LogP contribution in [0.25, 0.3) is 0 Å². The number of hydrogen-bond donors (Lipinski definition) is 1. The van der Waals surface area contributed by atoms with E-state index in [-0.39, 0.29) is 22.9 Å². The zero-order valence-electron chi connectivity index (χ0n) is 14.3. The van der Waals surface area contributed by atoms with E-state index in [9.17, 15) is 9.90 Å². The molecule has 2 aliphatic carbocycles. The fourth-order valence-electron chi connectivity index (χ4n) is 5.03. The number of phenolic OH excluding ortho intramolecular Hbond substituents is 1. The van der Waals surface area contributed by atoms with Crippen LogP contribution in [0.2, 0.25) is 0 Å². The van der Waals surface area contributed by atoms with Gasteiger partial charge >= 0.3 is 0 Å². The Morgan fingerprint density at radius 2 is 2.08 bits per heavy atom. The van der Waals surface area contributed by atoms with E-state index in [4.69, 9.17) is 9.47 Å². The van der Waals surface area contributed by atoms with Crippen molar-refractivity contribution in [3.8, 4) is 11.5 Å². The van der Waals surface area contributed by atoms with Gasteiger partial charge in [0.1, 0.15) is 0 Å². The molecule has 128 valence electrons. The number of nitrogens with zero attached hydrogens (tertiary/aromatic N) is 1. The third kappa shape index (κ3) is 1.88. The lowest BCUT2D eigenvalue weighted by Gasteiger charge is -2.56. The van der Waals surface area contributed by atoms with Crippen molar-refractivity contribution in [2.75, 3.05) is 27.8 Å². The maximum absolute atomic E-state index is 12.6. The molecule has 5 heteroatoms. The van der Waals surface area contributed by atoms with Crippen molar-refractivity contribution >= 4 is 5.78 Å². The molecule has 1 heterocycles. The predicted molar refractivity (Wildman–Crippen MR) is 89.3 cm³/mol. The number of aromatic hydroxyl groups is 1. The molecule has 1 saturated heterocycles. The van der Waals surface area contributed by atoms with Crippen molar-refractivity contribution in [1.29, 1.82) is 0 Å². The number of piperidine rings is 1. The summed E-state index contributed by atoms with van der Waals surface area (Å²) in [6.45, 7) is 0.917. The molecule has 1 aromatic rings. The molecule has 3 aliphatic rings. The lowest BCUT2D eigenvalue weighted by molar-refractivity contribution is -0.122. The van der Waals surface area contributed by atoms with Crippen LogP contribution in [0.3, 0.4) is 0 Å². The number of fused-ring (bicyclic) bond motifs is 1. The number of allylic oxidation sites excluding steroid dienone is 1. The normalized spacial score (nSPS) is 31.8. The van der Waals surface area contributed by atoms with Gasteiger partial charge in [-0.2, -0.15) is 0 Å². The number of likely N-dealkylation sites (tertiary alicyclic amines) is 1. The molecule has 0 spiro atoms. The quantitative estimate of drug-likeness (QED) is 0.899. The van der Waals surface area contributed by atoms with Crippen LogP contribution in [0.1, 0.15) is 24.0 Å². The van der Waals surface area contributed by atoms with E-state index in [1.165, 1.54) is 0 Å². The van der Waals surface area contributed by atoms with Crippen molar-refractivity contribution in [3.05, 3.63) is 35.1 Å². The van der Waals surface area contributed by atoms with Gasteiger partial charge in [0.25, 0.3) is 0 Å². The van der Waals surface area contributed by atoms with Crippen LogP contribution < -0.4 is 4.74 Å². The second-order valence-electron chi connectivity index (χ2n) is 7.17. The van der Waals surface area contributed by atoms with Crippen LogP contribution in [0, 0.1) is 5.92 Å². The Balaban J connectivity index is 1.97. The molecule has 0 aromatic heterocycles. The zero-order valence-corrected chi connectivity index (χ0v) is 14.3. The number of hydrogen-bond acceptors (Lipinski definition) is 5. The second kappa shape index (κ2) is 5.24. The molecule has 2 bridgehead atoms. The van der Waals surface area contributed by atoms with Crippen molar-refractivity contribution < 1.29 is 19.4 Å². The maximum atomic E-state index is 12.6. The summed E-state index contributed by atoms with van der Waals surface area (Å²) in [6.07, 6.45) is 4.08. The van der Waals surface area contributed by atoms with E-state index in [1.54, 1.807) is 14.2 Å². The van der Waals surface area contributed by atoms with E-state index < -0.39 is 0 Å². The molecule has 0 saturated carbocycles. The SMILES string of the molecule is COC1=CC2C3Cc4ccc(OC)c(O)c4[C@@]2(CCN3C)CC1=O. The number of carbonyl (C=O) groups excluding carboxylic acids is 1. The van der Waals surface area contributed by atoms with Crippen LogP contribution in [0.4, 0.5) is 0 Å². The Bertz CT molecular complexity index is 741. The van der Waals surface area contributed by atoms with Gasteiger partial charge in [-0.3, -0.25) is 4.79 Å². The number of carbonyl (C=O) groups is 1. The summed E-state index contributed by atoms with van der Waals surface area (Å²) >= 11 is 0. The van der Waals surface area contributed by atoms with Crippen LogP contribution in [0.5, 0.6) is 11.5 Å². The van der Waals surface area contributed by atoms with Crippen molar-refractivity contribution in [1.82, 2.24) is 4.90 Å². The smallest absolute Gasteiger partial charge is 0.197 e. The Morgan fingerprint density at radius 3 is 2.79 bits per heavy atom. The number of ether oxygens (including phenoxy) is 2. The molecule has 3 atom stereocenters. The molecule has 2 unspecified atom stereocenters.